The van der Waals surface area contributed by atoms with Gasteiger partial charge >= 0.3 is 53.8 Å². The van der Waals surface area contributed by atoms with Crippen molar-refractivity contribution in [3.8, 4) is 5.75 Å². The van der Waals surface area contributed by atoms with Crippen LogP contribution in [0.5, 0.6) is 5.75 Å². The van der Waals surface area contributed by atoms with E-state index in [2.05, 4.69) is 14.8 Å². The third-order valence-electron chi connectivity index (χ3n) is 4.82. The van der Waals surface area contributed by atoms with Gasteiger partial charge in [-0.1, -0.05) is 13.3 Å². The van der Waals surface area contributed by atoms with Gasteiger partial charge in [-0.2, -0.15) is 74.6 Å². The van der Waals surface area contributed by atoms with E-state index < -0.39 is 65.4 Å². The van der Waals surface area contributed by atoms with Crippen molar-refractivity contribution < 1.29 is 88.9 Å². The molecule has 1 aromatic carbocycles. The second kappa shape index (κ2) is 11.6. The van der Waals surface area contributed by atoms with E-state index in [1.165, 1.54) is 0 Å². The monoisotopic (exact) mass is 639 g/mol. The van der Waals surface area contributed by atoms with E-state index in [1.54, 1.807) is 6.92 Å². The fourth-order valence-corrected chi connectivity index (χ4v) is 2.45. The number of halogens is 17. The van der Waals surface area contributed by atoms with E-state index in [-0.39, 0.29) is 12.3 Å². The zero-order valence-corrected chi connectivity index (χ0v) is 19.6. The highest BCUT2D eigenvalue weighted by Crippen LogP contribution is 2.63. The van der Waals surface area contributed by atoms with E-state index in [1.807, 2.05) is 0 Å². The average molecular weight is 639 g/mol. The molecule has 0 spiro atoms. The average Bonchev–Trinajstić information content (AvgIpc) is 2.83. The second-order valence-corrected chi connectivity index (χ2v) is 7.77. The molecule has 1 rings (SSSR count). The minimum Gasteiger partial charge on any atom is -0.449 e. The van der Waals surface area contributed by atoms with Crippen molar-refractivity contribution in [1.82, 2.24) is 0 Å². The maximum atomic E-state index is 13.8. The van der Waals surface area contributed by atoms with Crippen LogP contribution >= 0.6 is 0 Å². The third-order valence-corrected chi connectivity index (χ3v) is 4.82. The maximum Gasteiger partial charge on any atom is 0.460 e. The van der Waals surface area contributed by atoms with E-state index in [4.69, 9.17) is 0 Å². The molecule has 0 aliphatic rings. The standard InChI is InChI=1S/C20H14F17NO3/c1-2-3-8-40-13(39)38-9-4-6-10(7-5-9)41-12(22)11(21)14(23,24)15(25,26)16(27,28)17(29,30)18(31,32)19(33,34)20(35,36)37/h4-7H,2-3,8H2,1H3,(H,38,39). The molecule has 1 aromatic rings. The van der Waals surface area contributed by atoms with Gasteiger partial charge in [-0.25, -0.2) is 4.79 Å². The zero-order valence-electron chi connectivity index (χ0n) is 19.6. The molecule has 0 atom stereocenters. The van der Waals surface area contributed by atoms with Crippen molar-refractivity contribution in [1.29, 1.82) is 0 Å². The lowest BCUT2D eigenvalue weighted by Gasteiger charge is -2.41. The summed E-state index contributed by atoms with van der Waals surface area (Å²) in [6.07, 6.45) is -7.74. The van der Waals surface area contributed by atoms with Crippen LogP contribution in [0.2, 0.25) is 0 Å². The number of anilines is 1. The Morgan fingerprint density at radius 3 is 1.59 bits per heavy atom. The molecule has 0 bridgehead atoms. The molecule has 0 saturated carbocycles. The van der Waals surface area contributed by atoms with Crippen LogP contribution in [0.1, 0.15) is 19.8 Å². The molecule has 0 saturated heterocycles. The van der Waals surface area contributed by atoms with Gasteiger partial charge < -0.3 is 9.47 Å². The van der Waals surface area contributed by atoms with Crippen molar-refractivity contribution in [3.63, 3.8) is 0 Å². The van der Waals surface area contributed by atoms with Crippen LogP contribution in [-0.4, -0.2) is 54.4 Å². The van der Waals surface area contributed by atoms with Gasteiger partial charge in [0.25, 0.3) is 0 Å². The number of unbranched alkanes of at least 4 members (excludes halogenated alkanes) is 1. The van der Waals surface area contributed by atoms with Crippen LogP contribution in [0.25, 0.3) is 0 Å². The van der Waals surface area contributed by atoms with Crippen molar-refractivity contribution in [2.24, 2.45) is 0 Å². The second-order valence-electron chi connectivity index (χ2n) is 7.77. The van der Waals surface area contributed by atoms with Gasteiger partial charge in [-0.05, 0) is 30.7 Å². The first-order valence-electron chi connectivity index (χ1n) is 10.3. The topological polar surface area (TPSA) is 47.6 Å². The predicted molar refractivity (Wildman–Crippen MR) is 102 cm³/mol. The number of hydrogen-bond acceptors (Lipinski definition) is 3. The molecule has 41 heavy (non-hydrogen) atoms. The number of alkyl halides is 15. The Morgan fingerprint density at radius 2 is 1.15 bits per heavy atom. The summed E-state index contributed by atoms with van der Waals surface area (Å²) in [4.78, 5) is 11.5. The molecule has 1 N–H and O–H groups in total. The number of benzene rings is 1. The Hall–Kier alpha value is -3.16. The molecule has 0 aromatic heterocycles. The van der Waals surface area contributed by atoms with Gasteiger partial charge in [0.15, 0.2) is 0 Å². The lowest BCUT2D eigenvalue weighted by atomic mass is 9.91. The number of rotatable bonds is 12. The highest BCUT2D eigenvalue weighted by molar-refractivity contribution is 5.84. The normalized spacial score (nSPS) is 14.9. The molecule has 0 unspecified atom stereocenters. The lowest BCUT2D eigenvalue weighted by Crippen LogP contribution is -2.72. The van der Waals surface area contributed by atoms with Crippen LogP contribution in [0, 0.1) is 0 Å². The molecule has 21 heteroatoms. The van der Waals surface area contributed by atoms with Crippen molar-refractivity contribution in [2.75, 3.05) is 11.9 Å². The molecule has 0 fully saturated rings. The summed E-state index contributed by atoms with van der Waals surface area (Å²) in [7, 11) is 0. The lowest BCUT2D eigenvalue weighted by molar-refractivity contribution is -0.451. The Morgan fingerprint density at radius 1 is 0.707 bits per heavy atom. The Labute approximate surface area is 217 Å². The summed E-state index contributed by atoms with van der Waals surface area (Å²) in [5, 5.41) is 2.06. The predicted octanol–water partition coefficient (Wildman–Crippen LogP) is 8.90. The number of allylic oxidation sites excluding steroid dienone is 1. The first-order valence-corrected chi connectivity index (χ1v) is 10.3. The highest BCUT2D eigenvalue weighted by Gasteiger charge is 2.93. The van der Waals surface area contributed by atoms with Crippen molar-refractivity contribution in [3.05, 3.63) is 36.1 Å². The smallest absolute Gasteiger partial charge is 0.449 e. The molecular weight excluding hydrogens is 625 g/mol. The SMILES string of the molecule is CCCCOC(=O)Nc1ccc(OC(F)=C(F)C(F)(F)C(F)(F)C(F)(F)C(F)(F)C(F)(F)C(F)(F)C(F)(F)F)cc1. The summed E-state index contributed by atoms with van der Waals surface area (Å²) in [6.45, 7) is 1.73. The minimum atomic E-state index is -8.66. The number of nitrogens with one attached hydrogen (secondary N) is 1. The quantitative estimate of drug-likeness (QED) is 0.141. The first-order chi connectivity index (χ1) is 18.2. The first kappa shape index (κ1) is 35.9. The van der Waals surface area contributed by atoms with Crippen LogP contribution in [0.3, 0.4) is 0 Å². The molecule has 0 radical (unpaired) electrons. The number of ether oxygens (including phenoxy) is 2. The fourth-order valence-electron chi connectivity index (χ4n) is 2.45. The summed E-state index contributed by atoms with van der Waals surface area (Å²) < 4.78 is 233. The van der Waals surface area contributed by atoms with E-state index in [0.717, 1.165) is 12.1 Å². The molecule has 236 valence electrons. The minimum absolute atomic E-state index is 0.0228. The highest BCUT2D eigenvalue weighted by atomic mass is 19.4. The fraction of sp³-hybridized carbons (Fsp3) is 0.550. The largest absolute Gasteiger partial charge is 0.460 e. The number of amides is 1. The summed E-state index contributed by atoms with van der Waals surface area (Å²) in [5.74, 6) is -55.5. The Bertz CT molecular complexity index is 1100. The Kier molecular flexibility index (Phi) is 10.2. The molecule has 4 nitrogen and oxygen atoms in total. The summed E-state index contributed by atoms with van der Waals surface area (Å²) in [6, 6.07) is -1.08. The van der Waals surface area contributed by atoms with Gasteiger partial charge in [0, 0.05) is 5.69 Å². The van der Waals surface area contributed by atoms with Crippen LogP contribution in [0.15, 0.2) is 36.1 Å². The van der Waals surface area contributed by atoms with Crippen LogP contribution in [-0.2, 0) is 4.74 Å². The summed E-state index contributed by atoms with van der Waals surface area (Å²) >= 11 is 0. The van der Waals surface area contributed by atoms with Gasteiger partial charge in [-0.15, -0.1) is 0 Å². The molecular formula is C20H14F17NO3. The third kappa shape index (κ3) is 6.36. The number of carbonyl (C=O) groups excluding carboxylic acids is 1. The maximum absolute atomic E-state index is 13.8. The van der Waals surface area contributed by atoms with E-state index in [9.17, 15) is 79.4 Å². The van der Waals surface area contributed by atoms with Gasteiger partial charge in [0.2, 0.25) is 5.83 Å². The summed E-state index contributed by atoms with van der Waals surface area (Å²) in [5.41, 5.74) is -0.195. The van der Waals surface area contributed by atoms with Crippen LogP contribution < -0.4 is 10.1 Å². The molecule has 0 aliphatic carbocycles. The molecule has 0 aliphatic heterocycles. The van der Waals surface area contributed by atoms with E-state index in [0.29, 0.717) is 25.0 Å². The van der Waals surface area contributed by atoms with E-state index >= 15 is 0 Å². The Balaban J connectivity index is 3.32. The van der Waals surface area contributed by atoms with Gasteiger partial charge in [0.05, 0.1) is 6.61 Å². The molecule has 1 amide bonds. The number of carbonyl (C=O) groups is 1. The molecule has 0 heterocycles. The van der Waals surface area contributed by atoms with Crippen LogP contribution in [0.4, 0.5) is 85.1 Å². The zero-order chi connectivity index (χ0) is 32.5. The number of hydrogen-bond donors (Lipinski definition) is 1. The van der Waals surface area contributed by atoms with Crippen molar-refractivity contribution >= 4 is 11.8 Å². The van der Waals surface area contributed by atoms with Gasteiger partial charge in [-0.3, -0.25) is 5.32 Å². The van der Waals surface area contributed by atoms with Crippen molar-refractivity contribution in [2.45, 2.75) is 61.5 Å². The van der Waals surface area contributed by atoms with Gasteiger partial charge in [0.1, 0.15) is 5.75 Å².